The van der Waals surface area contributed by atoms with E-state index in [1.54, 1.807) is 20.2 Å². The number of rotatable bonds is 5. The second-order valence-corrected chi connectivity index (χ2v) is 11.6. The first-order valence-corrected chi connectivity index (χ1v) is 13.3. The maximum atomic E-state index is 13.9. The molecule has 0 unspecified atom stereocenters. The lowest BCUT2D eigenvalue weighted by Crippen LogP contribution is -2.71. The number of carbonyl (C=O) groups excluding carboxylic acids is 2. The van der Waals surface area contributed by atoms with E-state index < -0.39 is 23.2 Å². The SMILES string of the molecule is CN(C)C(=O)c1ccc(C2=CCN(C3CC4(C3)CN(C(=O)[C@@](O)(c3ccccc3)C(F)(F)F)C4)CC2)cc1Cl.S. The van der Waals surface area contributed by atoms with Gasteiger partial charge < -0.3 is 14.9 Å². The van der Waals surface area contributed by atoms with Crippen LogP contribution in [0.5, 0.6) is 0 Å². The number of hydrogen-bond donors (Lipinski definition) is 1. The standard InChI is InChI=1S/C29H31ClF3N3O3.H2S/c1-34(2)25(37)23-9-8-20(14-24(23)30)19-10-12-35(13-11-19)22-15-27(16-22)17-36(18-27)26(38)28(39,29(31,32)33)21-6-4-3-5-7-21;/h3-10,14,22,39H,11-13,15-18H2,1-2H3;1H2/t28-;/m0./s1. The van der Waals surface area contributed by atoms with Gasteiger partial charge in [-0.05, 0) is 42.5 Å². The lowest BCUT2D eigenvalue weighted by molar-refractivity contribution is -0.267. The molecule has 3 aliphatic rings. The Hall–Kier alpha value is -2.53. The number of carbonyl (C=O) groups is 2. The maximum Gasteiger partial charge on any atom is 0.430 e. The van der Waals surface area contributed by atoms with Crippen LogP contribution in [0.2, 0.25) is 5.02 Å². The van der Waals surface area contributed by atoms with Gasteiger partial charge in [-0.3, -0.25) is 14.5 Å². The molecule has 1 saturated carbocycles. The molecule has 2 aromatic rings. The van der Waals surface area contributed by atoms with Gasteiger partial charge in [-0.25, -0.2) is 0 Å². The Morgan fingerprint density at radius 2 is 1.73 bits per heavy atom. The zero-order valence-electron chi connectivity index (χ0n) is 22.3. The van der Waals surface area contributed by atoms with Gasteiger partial charge in [0.15, 0.2) is 0 Å². The first kappa shape index (κ1) is 30.4. The Bertz CT molecular complexity index is 1310. The van der Waals surface area contributed by atoms with E-state index >= 15 is 0 Å². The molecule has 0 aromatic heterocycles. The quantitative estimate of drug-likeness (QED) is 0.545. The Morgan fingerprint density at radius 3 is 2.25 bits per heavy atom. The molecule has 1 saturated heterocycles. The van der Waals surface area contributed by atoms with Crippen LogP contribution in [0.1, 0.15) is 40.7 Å². The third-order valence-electron chi connectivity index (χ3n) is 8.32. The van der Waals surface area contributed by atoms with Gasteiger partial charge in [0.05, 0.1) is 10.6 Å². The number of alkyl halides is 3. The Morgan fingerprint density at radius 1 is 1.07 bits per heavy atom. The van der Waals surface area contributed by atoms with Gasteiger partial charge >= 0.3 is 6.18 Å². The van der Waals surface area contributed by atoms with Crippen molar-refractivity contribution in [1.82, 2.24) is 14.7 Å². The number of benzene rings is 2. The molecular formula is C29H33ClF3N3O3S. The summed E-state index contributed by atoms with van der Waals surface area (Å²) >= 11 is 6.38. The highest BCUT2D eigenvalue weighted by Gasteiger charge is 2.65. The molecule has 2 fully saturated rings. The van der Waals surface area contributed by atoms with Crippen LogP contribution in [-0.2, 0) is 10.4 Å². The lowest BCUT2D eigenvalue weighted by Gasteiger charge is -2.62. The summed E-state index contributed by atoms with van der Waals surface area (Å²) < 4.78 is 41.7. The molecule has 2 heterocycles. The monoisotopic (exact) mass is 595 g/mol. The summed E-state index contributed by atoms with van der Waals surface area (Å²) in [6, 6.07) is 12.4. The first-order valence-electron chi connectivity index (χ1n) is 12.9. The molecule has 1 spiro atoms. The van der Waals surface area contributed by atoms with E-state index in [-0.39, 0.29) is 37.9 Å². The van der Waals surface area contributed by atoms with Gasteiger partial charge in [-0.1, -0.05) is 54.1 Å². The van der Waals surface area contributed by atoms with Crippen molar-refractivity contribution in [3.63, 3.8) is 0 Å². The van der Waals surface area contributed by atoms with Crippen LogP contribution in [0.15, 0.2) is 54.6 Å². The molecule has 1 atom stereocenters. The highest BCUT2D eigenvalue weighted by molar-refractivity contribution is 7.59. The van der Waals surface area contributed by atoms with Crippen LogP contribution in [0.4, 0.5) is 13.2 Å². The number of hydrogen-bond acceptors (Lipinski definition) is 4. The third-order valence-corrected chi connectivity index (χ3v) is 8.63. The fourth-order valence-electron chi connectivity index (χ4n) is 6.09. The van der Waals surface area contributed by atoms with Crippen molar-refractivity contribution in [3.8, 4) is 0 Å². The predicted octanol–water partition coefficient (Wildman–Crippen LogP) is 4.68. The summed E-state index contributed by atoms with van der Waals surface area (Å²) in [5, 5.41) is 11.0. The van der Waals surface area contributed by atoms with Crippen molar-refractivity contribution >= 4 is 42.5 Å². The number of likely N-dealkylation sites (tertiary alicyclic amines) is 1. The van der Waals surface area contributed by atoms with Crippen molar-refractivity contribution in [2.45, 2.75) is 37.1 Å². The van der Waals surface area contributed by atoms with Crippen LogP contribution in [0.25, 0.3) is 5.57 Å². The van der Waals surface area contributed by atoms with Crippen LogP contribution >= 0.6 is 25.1 Å². The van der Waals surface area contributed by atoms with E-state index in [4.69, 9.17) is 11.6 Å². The molecule has 2 aromatic carbocycles. The van der Waals surface area contributed by atoms with Crippen molar-refractivity contribution in [2.24, 2.45) is 5.41 Å². The Kier molecular flexibility index (Phi) is 8.40. The third kappa shape index (κ3) is 5.26. The Labute approximate surface area is 243 Å². The van der Waals surface area contributed by atoms with E-state index in [2.05, 4.69) is 11.0 Å². The molecule has 216 valence electrons. The summed E-state index contributed by atoms with van der Waals surface area (Å²) in [7, 11) is 3.36. The molecule has 2 amide bonds. The summed E-state index contributed by atoms with van der Waals surface area (Å²) in [6.45, 7) is 2.03. The summed E-state index contributed by atoms with van der Waals surface area (Å²) in [4.78, 5) is 30.1. The van der Waals surface area contributed by atoms with Gasteiger partial charge in [0.1, 0.15) is 0 Å². The maximum absolute atomic E-state index is 13.9. The average Bonchev–Trinajstić information content (AvgIpc) is 2.86. The zero-order chi connectivity index (χ0) is 28.2. The molecule has 1 aliphatic carbocycles. The van der Waals surface area contributed by atoms with E-state index in [1.165, 1.54) is 28.7 Å². The van der Waals surface area contributed by atoms with Crippen molar-refractivity contribution in [1.29, 1.82) is 0 Å². The molecule has 6 nitrogen and oxygen atoms in total. The number of nitrogens with zero attached hydrogens (tertiary/aromatic N) is 3. The van der Waals surface area contributed by atoms with Crippen LogP contribution in [0, 0.1) is 5.41 Å². The van der Waals surface area contributed by atoms with E-state index in [1.807, 2.05) is 12.1 Å². The van der Waals surface area contributed by atoms with E-state index in [9.17, 15) is 27.9 Å². The molecule has 0 radical (unpaired) electrons. The van der Waals surface area contributed by atoms with Gasteiger partial charge in [0.2, 0.25) is 0 Å². The van der Waals surface area contributed by atoms with Crippen LogP contribution in [0.3, 0.4) is 0 Å². The average molecular weight is 596 g/mol. The number of aliphatic hydroxyl groups is 1. The van der Waals surface area contributed by atoms with Crippen molar-refractivity contribution < 1.29 is 27.9 Å². The van der Waals surface area contributed by atoms with Gasteiger partial charge in [0, 0.05) is 57.3 Å². The zero-order valence-corrected chi connectivity index (χ0v) is 24.1. The van der Waals surface area contributed by atoms with Gasteiger partial charge in [-0.2, -0.15) is 26.7 Å². The van der Waals surface area contributed by atoms with E-state index in [0.717, 1.165) is 54.9 Å². The largest absolute Gasteiger partial charge is 0.430 e. The van der Waals surface area contributed by atoms with Gasteiger partial charge in [-0.15, -0.1) is 0 Å². The predicted molar refractivity (Wildman–Crippen MR) is 152 cm³/mol. The second kappa shape index (κ2) is 11.0. The normalized spacial score (nSPS) is 20.5. The minimum absolute atomic E-state index is 0. The second-order valence-electron chi connectivity index (χ2n) is 11.2. The molecule has 1 N–H and O–H groups in total. The summed E-state index contributed by atoms with van der Waals surface area (Å²) in [5.74, 6) is -1.45. The molecule has 40 heavy (non-hydrogen) atoms. The van der Waals surface area contributed by atoms with E-state index in [0.29, 0.717) is 16.6 Å². The minimum atomic E-state index is -5.12. The Balaban J connectivity index is 0.00000370. The fourth-order valence-corrected chi connectivity index (χ4v) is 6.35. The van der Waals surface area contributed by atoms with Crippen LogP contribution < -0.4 is 0 Å². The van der Waals surface area contributed by atoms with Gasteiger partial charge in [0.25, 0.3) is 17.4 Å². The van der Waals surface area contributed by atoms with Crippen molar-refractivity contribution in [2.75, 3.05) is 40.3 Å². The highest BCUT2D eigenvalue weighted by Crippen LogP contribution is 2.52. The van der Waals surface area contributed by atoms with Crippen molar-refractivity contribution in [3.05, 3.63) is 76.3 Å². The molecule has 0 bridgehead atoms. The lowest BCUT2D eigenvalue weighted by atomic mass is 9.59. The minimum Gasteiger partial charge on any atom is -0.369 e. The van der Waals surface area contributed by atoms with Crippen LogP contribution in [-0.4, -0.2) is 84.1 Å². The highest BCUT2D eigenvalue weighted by atomic mass is 35.5. The fraction of sp³-hybridized carbons (Fsp3) is 0.448. The topological polar surface area (TPSA) is 64.1 Å². The number of halogens is 4. The molecule has 11 heteroatoms. The summed E-state index contributed by atoms with van der Waals surface area (Å²) in [6.07, 6.45) is -0.527. The first-order chi connectivity index (χ1) is 18.3. The molecule has 5 rings (SSSR count). The summed E-state index contributed by atoms with van der Waals surface area (Å²) in [5.41, 5.74) is -1.58. The number of amides is 2. The smallest absolute Gasteiger partial charge is 0.369 e. The molecule has 2 aliphatic heterocycles. The molecular weight excluding hydrogens is 563 g/mol.